The molecule has 1 unspecified atom stereocenters. The van der Waals surface area contributed by atoms with Gasteiger partial charge in [0, 0.05) is 19.0 Å². The van der Waals surface area contributed by atoms with E-state index in [0.717, 1.165) is 45.7 Å². The Kier molecular flexibility index (Phi) is 5.00. The van der Waals surface area contributed by atoms with Crippen molar-refractivity contribution >= 4 is 17.0 Å². The Balaban J connectivity index is 2.14. The smallest absolute Gasteiger partial charge is 0.303 e. The number of fused-ring (bicyclic) bond motifs is 1. The van der Waals surface area contributed by atoms with Crippen molar-refractivity contribution in [2.45, 2.75) is 47.1 Å². The summed E-state index contributed by atoms with van der Waals surface area (Å²) in [6.07, 6.45) is 0.491. The van der Waals surface area contributed by atoms with Crippen LogP contribution < -0.4 is 0 Å². The van der Waals surface area contributed by atoms with Crippen LogP contribution in [0.5, 0.6) is 0 Å². The second kappa shape index (κ2) is 7.24. The summed E-state index contributed by atoms with van der Waals surface area (Å²) < 4.78 is 7.39. The zero-order valence-electron chi connectivity index (χ0n) is 16.3. The number of carbonyl (C=O) groups excluding carboxylic acids is 1. The molecule has 0 N–H and O–H groups in total. The molecule has 0 spiro atoms. The van der Waals surface area contributed by atoms with Gasteiger partial charge < -0.3 is 4.74 Å². The van der Waals surface area contributed by atoms with Gasteiger partial charge in [0.2, 0.25) is 0 Å². The molecule has 1 atom stereocenters. The Labute approximate surface area is 159 Å². The molecule has 138 valence electrons. The number of carbonyl (C=O) groups is 1. The van der Waals surface area contributed by atoms with Crippen molar-refractivity contribution in [3.05, 3.63) is 58.4 Å². The van der Waals surface area contributed by atoms with Crippen molar-refractivity contribution in [1.82, 2.24) is 9.55 Å². The largest absolute Gasteiger partial charge is 0.458 e. The Morgan fingerprint density at radius 1 is 1.30 bits per heavy atom. The van der Waals surface area contributed by atoms with E-state index in [0.29, 0.717) is 5.56 Å². The van der Waals surface area contributed by atoms with Crippen LogP contribution in [0.2, 0.25) is 0 Å². The van der Waals surface area contributed by atoms with E-state index in [2.05, 4.69) is 17.6 Å². The normalized spacial score (nSPS) is 12.0. The highest BCUT2D eigenvalue weighted by atomic mass is 16.5. The summed E-state index contributed by atoms with van der Waals surface area (Å²) in [5, 5.41) is 9.43. The fraction of sp³-hybridized carbons (Fsp3) is 0.318. The fourth-order valence-electron chi connectivity index (χ4n) is 3.49. The molecule has 3 aromatic rings. The third-order valence-electron chi connectivity index (χ3n) is 4.85. The summed E-state index contributed by atoms with van der Waals surface area (Å²) in [4.78, 5) is 16.0. The topological polar surface area (TPSA) is 67.9 Å². The lowest BCUT2D eigenvalue weighted by Crippen LogP contribution is -2.05. The minimum Gasteiger partial charge on any atom is -0.458 e. The highest BCUT2D eigenvalue weighted by Gasteiger charge is 2.17. The van der Waals surface area contributed by atoms with Crippen LogP contribution in [-0.2, 0) is 16.0 Å². The second-order valence-corrected chi connectivity index (χ2v) is 6.73. The first-order valence-electron chi connectivity index (χ1n) is 9.06. The number of esters is 1. The zero-order chi connectivity index (χ0) is 19.7. The maximum atomic E-state index is 11.2. The molecule has 0 radical (unpaired) electrons. The van der Waals surface area contributed by atoms with Crippen molar-refractivity contribution in [3.63, 3.8) is 0 Å². The van der Waals surface area contributed by atoms with Gasteiger partial charge in [0.1, 0.15) is 11.9 Å². The number of nitrogens with zero attached hydrogens (tertiary/aromatic N) is 3. The van der Waals surface area contributed by atoms with Crippen LogP contribution in [0.25, 0.3) is 16.7 Å². The molecule has 0 bridgehead atoms. The van der Waals surface area contributed by atoms with Gasteiger partial charge in [-0.2, -0.15) is 5.26 Å². The van der Waals surface area contributed by atoms with Crippen LogP contribution in [0.15, 0.2) is 30.3 Å². The standard InChI is InChI=1S/C22H23N3O2/c1-6-21-24-22-14(3)19(12-23)13(2)11-20(22)25(21)18-9-7-17(8-10-18)15(4)27-16(5)26/h7-11,15H,6H2,1-5H3. The van der Waals surface area contributed by atoms with E-state index in [4.69, 9.17) is 9.72 Å². The molecule has 2 aromatic carbocycles. The maximum absolute atomic E-state index is 11.2. The number of nitriles is 1. The summed E-state index contributed by atoms with van der Waals surface area (Å²) in [6, 6.07) is 12.3. The average molecular weight is 361 g/mol. The summed E-state index contributed by atoms with van der Waals surface area (Å²) in [6.45, 7) is 9.25. The number of aromatic nitrogens is 2. The van der Waals surface area contributed by atoms with Crippen LogP contribution in [-0.4, -0.2) is 15.5 Å². The van der Waals surface area contributed by atoms with Crippen molar-refractivity contribution in [2.24, 2.45) is 0 Å². The molecule has 0 aliphatic carbocycles. The minimum atomic E-state index is -0.292. The molecule has 27 heavy (non-hydrogen) atoms. The predicted molar refractivity (Wildman–Crippen MR) is 105 cm³/mol. The third-order valence-corrected chi connectivity index (χ3v) is 4.85. The highest BCUT2D eigenvalue weighted by Crippen LogP contribution is 2.29. The van der Waals surface area contributed by atoms with Crippen LogP contribution in [0.1, 0.15) is 55.0 Å². The number of hydrogen-bond donors (Lipinski definition) is 0. The van der Waals surface area contributed by atoms with Crippen molar-refractivity contribution in [2.75, 3.05) is 0 Å². The van der Waals surface area contributed by atoms with Crippen LogP contribution in [0.3, 0.4) is 0 Å². The summed E-state index contributed by atoms with van der Waals surface area (Å²) in [5.74, 6) is 0.656. The van der Waals surface area contributed by atoms with Crippen molar-refractivity contribution in [1.29, 1.82) is 5.26 Å². The van der Waals surface area contributed by atoms with Gasteiger partial charge in [-0.15, -0.1) is 0 Å². The van der Waals surface area contributed by atoms with Crippen LogP contribution >= 0.6 is 0 Å². The molecule has 1 heterocycles. The first-order chi connectivity index (χ1) is 12.9. The summed E-state index contributed by atoms with van der Waals surface area (Å²) >= 11 is 0. The fourth-order valence-corrected chi connectivity index (χ4v) is 3.49. The summed E-state index contributed by atoms with van der Waals surface area (Å²) in [7, 11) is 0. The monoisotopic (exact) mass is 361 g/mol. The first kappa shape index (κ1) is 18.7. The van der Waals surface area contributed by atoms with E-state index < -0.39 is 0 Å². The Hall–Kier alpha value is -3.13. The number of ether oxygens (including phenoxy) is 1. The van der Waals surface area contributed by atoms with Crippen molar-refractivity contribution in [3.8, 4) is 11.8 Å². The predicted octanol–water partition coefficient (Wildman–Crippen LogP) is 4.70. The highest BCUT2D eigenvalue weighted by molar-refractivity contribution is 5.85. The lowest BCUT2D eigenvalue weighted by atomic mass is 10.0. The molecular weight excluding hydrogens is 338 g/mol. The SMILES string of the molecule is CCc1nc2c(C)c(C#N)c(C)cc2n1-c1ccc(C(C)OC(C)=O)cc1. The Morgan fingerprint density at radius 3 is 2.52 bits per heavy atom. The third kappa shape index (κ3) is 3.31. The van der Waals surface area contributed by atoms with Crippen LogP contribution in [0.4, 0.5) is 0 Å². The molecular formula is C22H23N3O2. The van der Waals surface area contributed by atoms with E-state index in [9.17, 15) is 10.1 Å². The molecule has 0 aliphatic rings. The number of imidazole rings is 1. The molecule has 0 saturated carbocycles. The van der Waals surface area contributed by atoms with Gasteiger partial charge >= 0.3 is 5.97 Å². The molecule has 0 saturated heterocycles. The maximum Gasteiger partial charge on any atom is 0.303 e. The lowest BCUT2D eigenvalue weighted by Gasteiger charge is -2.14. The second-order valence-electron chi connectivity index (χ2n) is 6.73. The van der Waals surface area contributed by atoms with E-state index in [1.54, 1.807) is 0 Å². The van der Waals surface area contributed by atoms with Gasteiger partial charge in [0.05, 0.1) is 22.7 Å². The Bertz CT molecular complexity index is 1060. The minimum absolute atomic E-state index is 0.288. The average Bonchev–Trinajstić information content (AvgIpc) is 3.00. The molecule has 0 amide bonds. The van der Waals surface area contributed by atoms with Gasteiger partial charge in [-0.3, -0.25) is 9.36 Å². The van der Waals surface area contributed by atoms with Crippen molar-refractivity contribution < 1.29 is 9.53 Å². The van der Waals surface area contributed by atoms with E-state index in [1.807, 2.05) is 51.1 Å². The first-order valence-corrected chi connectivity index (χ1v) is 9.06. The Morgan fingerprint density at radius 2 is 1.96 bits per heavy atom. The number of benzene rings is 2. The van der Waals surface area contributed by atoms with Gasteiger partial charge in [-0.05, 0) is 55.7 Å². The molecule has 0 fully saturated rings. The number of aryl methyl sites for hydroxylation is 3. The van der Waals surface area contributed by atoms with Gasteiger partial charge in [-0.1, -0.05) is 19.1 Å². The van der Waals surface area contributed by atoms with Gasteiger partial charge in [0.25, 0.3) is 0 Å². The zero-order valence-corrected chi connectivity index (χ0v) is 16.3. The van der Waals surface area contributed by atoms with Gasteiger partial charge in [0.15, 0.2) is 0 Å². The van der Waals surface area contributed by atoms with E-state index >= 15 is 0 Å². The van der Waals surface area contributed by atoms with Crippen LogP contribution in [0, 0.1) is 25.2 Å². The number of hydrogen-bond acceptors (Lipinski definition) is 4. The molecule has 3 rings (SSSR count). The van der Waals surface area contributed by atoms with Gasteiger partial charge in [-0.25, -0.2) is 4.98 Å². The molecule has 1 aromatic heterocycles. The summed E-state index contributed by atoms with van der Waals surface area (Å²) in [5.41, 5.74) is 6.37. The molecule has 5 heteroatoms. The molecule has 0 aliphatic heterocycles. The number of rotatable bonds is 4. The quantitative estimate of drug-likeness (QED) is 0.632. The molecule has 5 nitrogen and oxygen atoms in total. The lowest BCUT2D eigenvalue weighted by molar-refractivity contribution is -0.145. The van der Waals surface area contributed by atoms with E-state index in [1.165, 1.54) is 6.92 Å². The van der Waals surface area contributed by atoms with E-state index in [-0.39, 0.29) is 12.1 Å².